The molecule has 0 heterocycles. The molecule has 2 nitrogen and oxygen atoms in total. The molecule has 0 spiro atoms. The molecule has 1 N–H and O–H groups in total. The van der Waals surface area contributed by atoms with E-state index < -0.39 is 0 Å². The summed E-state index contributed by atoms with van der Waals surface area (Å²) in [6.07, 6.45) is 4.49. The van der Waals surface area contributed by atoms with Crippen LogP contribution in [0.1, 0.15) is 39.5 Å². The number of rotatable bonds is 6. The Bertz CT molecular complexity index is 125. The van der Waals surface area contributed by atoms with Crippen LogP contribution < -0.4 is 0 Å². The molecule has 0 aliphatic heterocycles. The number of unbranched alkanes of at least 4 members (excludes halogenated alkanes) is 2. The van der Waals surface area contributed by atoms with E-state index in [1.165, 1.54) is 0 Å². The largest absolute Gasteiger partial charge is 0.487 e. The van der Waals surface area contributed by atoms with Gasteiger partial charge in [-0.25, -0.2) is 0 Å². The predicted molar refractivity (Wildman–Crippen MR) is 56.6 cm³/mol. The van der Waals surface area contributed by atoms with Gasteiger partial charge in [0, 0.05) is 40.4 Å². The Hall–Kier alpha value is 0.612. The van der Waals surface area contributed by atoms with Crippen molar-refractivity contribution in [2.75, 3.05) is 13.1 Å². The van der Waals surface area contributed by atoms with Crippen LogP contribution >= 0.6 is 12.2 Å². The molecule has 0 aromatic carbocycles. The van der Waals surface area contributed by atoms with Crippen LogP contribution in [-0.2, 0) is 27.3 Å². The van der Waals surface area contributed by atoms with Crippen LogP contribution in [0.5, 0.6) is 0 Å². The molecule has 4 heteroatoms. The Morgan fingerprint density at radius 3 is 1.77 bits per heavy atom. The third-order valence-corrected chi connectivity index (χ3v) is 2.09. The maximum absolute atomic E-state index is 9.12. The predicted octanol–water partition coefficient (Wildman–Crippen LogP) is 2.73. The van der Waals surface area contributed by atoms with Crippen molar-refractivity contribution in [3.8, 4) is 0 Å². The fourth-order valence-electron chi connectivity index (χ4n) is 1.00. The molecule has 0 saturated carbocycles. The van der Waals surface area contributed by atoms with Crippen molar-refractivity contribution < 1.29 is 32.4 Å². The van der Waals surface area contributed by atoms with E-state index in [4.69, 9.17) is 17.3 Å². The molecule has 13 heavy (non-hydrogen) atoms. The first-order valence-electron chi connectivity index (χ1n) is 4.70. The molecule has 0 unspecified atom stereocenters. The molecular weight excluding hydrogens is 283 g/mol. The molecule has 0 atom stereocenters. The first-order chi connectivity index (χ1) is 5.72. The molecule has 0 aromatic rings. The third kappa shape index (κ3) is 8.93. The Morgan fingerprint density at radius 1 is 1.15 bits per heavy atom. The molecule has 0 amide bonds. The van der Waals surface area contributed by atoms with Crippen LogP contribution in [0.2, 0.25) is 0 Å². The van der Waals surface area contributed by atoms with Gasteiger partial charge in [0.1, 0.15) is 0 Å². The summed E-state index contributed by atoms with van der Waals surface area (Å²) in [5.41, 5.74) is 0. The van der Waals surface area contributed by atoms with E-state index in [0.29, 0.717) is 0 Å². The first kappa shape index (κ1) is 16.1. The fraction of sp³-hybridized carbons (Fsp3) is 0.889. The van der Waals surface area contributed by atoms with Crippen LogP contribution in [0.25, 0.3) is 0 Å². The molecular formula is C9H19CdNOS. The van der Waals surface area contributed by atoms with E-state index in [0.717, 1.165) is 38.8 Å². The van der Waals surface area contributed by atoms with Gasteiger partial charge >= 0.3 is 0 Å². The summed E-state index contributed by atoms with van der Waals surface area (Å²) in [6.45, 7) is 6.06. The summed E-state index contributed by atoms with van der Waals surface area (Å²) in [5.74, 6) is 0. The molecule has 0 rings (SSSR count). The molecule has 74 valence electrons. The van der Waals surface area contributed by atoms with Crippen molar-refractivity contribution in [1.82, 2.24) is 4.90 Å². The van der Waals surface area contributed by atoms with E-state index in [2.05, 4.69) is 13.8 Å². The van der Waals surface area contributed by atoms with Crippen molar-refractivity contribution in [1.29, 1.82) is 0 Å². The summed E-state index contributed by atoms with van der Waals surface area (Å²) in [5, 5.41) is 9.18. The van der Waals surface area contributed by atoms with Gasteiger partial charge < -0.3 is 10.0 Å². The molecule has 0 aliphatic rings. The van der Waals surface area contributed by atoms with Gasteiger partial charge in [0.25, 0.3) is 5.17 Å². The zero-order chi connectivity index (χ0) is 9.40. The van der Waals surface area contributed by atoms with Gasteiger partial charge in [0.2, 0.25) is 0 Å². The summed E-state index contributed by atoms with van der Waals surface area (Å²) >= 11 is 4.73. The van der Waals surface area contributed by atoms with E-state index in [9.17, 15) is 0 Å². The summed E-state index contributed by atoms with van der Waals surface area (Å²) in [6, 6.07) is 0. The average Bonchev–Trinajstić information content (AvgIpc) is 2.04. The molecule has 0 aliphatic carbocycles. The maximum Gasteiger partial charge on any atom is 0.256 e. The topological polar surface area (TPSA) is 23.5 Å². The smallest absolute Gasteiger partial charge is 0.256 e. The Morgan fingerprint density at radius 2 is 1.54 bits per heavy atom. The van der Waals surface area contributed by atoms with Gasteiger partial charge in [-0.15, -0.1) is 0 Å². The van der Waals surface area contributed by atoms with Gasteiger partial charge in [0.15, 0.2) is 0 Å². The summed E-state index contributed by atoms with van der Waals surface area (Å²) < 4.78 is 0. The van der Waals surface area contributed by atoms with Crippen molar-refractivity contribution in [2.45, 2.75) is 39.5 Å². The summed E-state index contributed by atoms with van der Waals surface area (Å²) in [4.78, 5) is 1.88. The van der Waals surface area contributed by atoms with Gasteiger partial charge in [-0.1, -0.05) is 26.7 Å². The monoisotopic (exact) mass is 303 g/mol. The minimum atomic E-state index is 0. The Labute approximate surface area is 107 Å². The standard InChI is InChI=1S/C9H19NOS.Cd/c1-3-5-7-10(9(11)12)8-6-4-2;/h3-8H2,1-2H3,(H,11,12);. The second kappa shape index (κ2) is 10.7. The SMILES string of the molecule is CCCCN(CCCC)C(O)=S.[Cd]. The van der Waals surface area contributed by atoms with Crippen molar-refractivity contribution in [3.63, 3.8) is 0 Å². The van der Waals surface area contributed by atoms with Gasteiger partial charge in [-0.3, -0.25) is 0 Å². The normalized spacial score (nSPS) is 9.08. The molecule has 0 aromatic heterocycles. The fourth-order valence-corrected chi connectivity index (χ4v) is 1.18. The molecule has 0 saturated heterocycles. The van der Waals surface area contributed by atoms with E-state index in [1.54, 1.807) is 0 Å². The van der Waals surface area contributed by atoms with E-state index in [-0.39, 0.29) is 32.5 Å². The maximum atomic E-state index is 9.12. The minimum Gasteiger partial charge on any atom is -0.487 e. The number of thiocarbonyl (C=S) groups is 1. The van der Waals surface area contributed by atoms with Crippen LogP contribution in [0.4, 0.5) is 0 Å². The van der Waals surface area contributed by atoms with Gasteiger partial charge in [0.05, 0.1) is 0 Å². The zero-order valence-corrected chi connectivity index (χ0v) is 13.6. The van der Waals surface area contributed by atoms with Crippen molar-refractivity contribution in [2.24, 2.45) is 0 Å². The summed E-state index contributed by atoms with van der Waals surface area (Å²) in [7, 11) is 0. The second-order valence-corrected chi connectivity index (χ2v) is 3.34. The number of aliphatic hydroxyl groups excluding tert-OH is 1. The molecule has 0 fully saturated rings. The van der Waals surface area contributed by atoms with E-state index >= 15 is 0 Å². The Balaban J connectivity index is 0. The van der Waals surface area contributed by atoms with Crippen LogP contribution in [0.15, 0.2) is 0 Å². The quantitative estimate of drug-likeness (QED) is 0.603. The van der Waals surface area contributed by atoms with Crippen LogP contribution in [-0.4, -0.2) is 28.3 Å². The van der Waals surface area contributed by atoms with Crippen LogP contribution in [0, 0.1) is 0 Å². The molecule has 0 radical (unpaired) electrons. The van der Waals surface area contributed by atoms with Crippen LogP contribution in [0.3, 0.4) is 0 Å². The van der Waals surface area contributed by atoms with Crippen molar-refractivity contribution >= 4 is 17.4 Å². The zero-order valence-electron chi connectivity index (χ0n) is 8.75. The number of hydrogen-bond acceptors (Lipinski definition) is 1. The number of nitrogens with zero attached hydrogens (tertiary/aromatic N) is 1. The van der Waals surface area contributed by atoms with Crippen molar-refractivity contribution in [3.05, 3.63) is 0 Å². The van der Waals surface area contributed by atoms with E-state index in [1.807, 2.05) is 4.90 Å². The number of aliphatic hydroxyl groups is 1. The first-order valence-corrected chi connectivity index (χ1v) is 5.11. The van der Waals surface area contributed by atoms with Gasteiger partial charge in [-0.05, 0) is 25.1 Å². The average molecular weight is 302 g/mol. The minimum absolute atomic E-state index is 0. The number of hydrogen-bond donors (Lipinski definition) is 1. The van der Waals surface area contributed by atoms with Gasteiger partial charge in [-0.2, -0.15) is 0 Å². The second-order valence-electron chi connectivity index (χ2n) is 2.98. The third-order valence-electron chi connectivity index (χ3n) is 1.83. The Kier molecular flexibility index (Phi) is 13.2. The molecule has 0 bridgehead atoms.